The Balaban J connectivity index is 2.38. The van der Waals surface area contributed by atoms with E-state index < -0.39 is 10.8 Å². The van der Waals surface area contributed by atoms with Crippen molar-refractivity contribution in [1.29, 1.82) is 0 Å². The van der Waals surface area contributed by atoms with Gasteiger partial charge in [0, 0.05) is 25.2 Å². The van der Waals surface area contributed by atoms with Gasteiger partial charge >= 0.3 is 0 Å². The van der Waals surface area contributed by atoms with E-state index in [1.807, 2.05) is 0 Å². The van der Waals surface area contributed by atoms with Crippen LogP contribution in [0.15, 0.2) is 18.2 Å². The van der Waals surface area contributed by atoms with E-state index in [1.54, 1.807) is 0 Å². The van der Waals surface area contributed by atoms with Crippen molar-refractivity contribution in [1.82, 2.24) is 4.90 Å². The Kier molecular flexibility index (Phi) is 3.49. The van der Waals surface area contributed by atoms with Gasteiger partial charge < -0.3 is 10.6 Å². The number of likely N-dealkylation sites (tertiary alicyclic amines) is 1. The highest BCUT2D eigenvalue weighted by Crippen LogP contribution is 2.28. The molecule has 1 atom stereocenters. The molecule has 1 unspecified atom stereocenters. The zero-order valence-electron chi connectivity index (χ0n) is 9.51. The van der Waals surface area contributed by atoms with Crippen LogP contribution in [-0.4, -0.2) is 34.9 Å². The summed E-state index contributed by atoms with van der Waals surface area (Å²) in [6.45, 7) is 0.906. The average Bonchev–Trinajstić information content (AvgIpc) is 2.74. The molecule has 0 spiro atoms. The standard InChI is InChI=1S/C11H12ClN3O3/c12-8-2-1-3-9(15(17)18)10(8)11(16)14-5-4-7(13)6-14/h1-3,7H,4-6,13H2. The minimum absolute atomic E-state index is 0.0572. The number of nitro benzene ring substituents is 1. The Hall–Kier alpha value is -1.66. The predicted molar refractivity (Wildman–Crippen MR) is 66.6 cm³/mol. The number of hydrogen-bond donors (Lipinski definition) is 1. The molecule has 2 rings (SSSR count). The third kappa shape index (κ3) is 2.30. The molecule has 0 aromatic heterocycles. The third-order valence-electron chi connectivity index (χ3n) is 2.91. The summed E-state index contributed by atoms with van der Waals surface area (Å²) in [5.74, 6) is -0.430. The number of benzene rings is 1. The Morgan fingerprint density at radius 2 is 2.28 bits per heavy atom. The summed E-state index contributed by atoms with van der Waals surface area (Å²) >= 11 is 5.90. The molecule has 1 amide bonds. The van der Waals surface area contributed by atoms with Crippen LogP contribution in [0.25, 0.3) is 0 Å². The fraction of sp³-hybridized carbons (Fsp3) is 0.364. The highest BCUT2D eigenvalue weighted by atomic mass is 35.5. The van der Waals surface area contributed by atoms with Crippen molar-refractivity contribution < 1.29 is 9.72 Å². The number of carbonyl (C=O) groups excluding carboxylic acids is 1. The molecule has 0 saturated carbocycles. The van der Waals surface area contributed by atoms with Crippen LogP contribution in [0, 0.1) is 10.1 Å². The lowest BCUT2D eigenvalue weighted by molar-refractivity contribution is -0.385. The first-order valence-corrected chi connectivity index (χ1v) is 5.86. The van der Waals surface area contributed by atoms with E-state index in [0.29, 0.717) is 19.5 Å². The van der Waals surface area contributed by atoms with E-state index in [2.05, 4.69) is 0 Å². The zero-order chi connectivity index (χ0) is 13.3. The van der Waals surface area contributed by atoms with E-state index in [0.717, 1.165) is 0 Å². The second-order valence-corrected chi connectivity index (χ2v) is 4.60. The Morgan fingerprint density at radius 1 is 1.56 bits per heavy atom. The van der Waals surface area contributed by atoms with E-state index >= 15 is 0 Å². The molecule has 1 fully saturated rings. The summed E-state index contributed by atoms with van der Waals surface area (Å²) in [7, 11) is 0. The zero-order valence-corrected chi connectivity index (χ0v) is 10.3. The number of rotatable bonds is 2. The average molecular weight is 270 g/mol. The van der Waals surface area contributed by atoms with Crippen molar-refractivity contribution >= 4 is 23.2 Å². The van der Waals surface area contributed by atoms with Gasteiger partial charge in [0.25, 0.3) is 11.6 Å². The van der Waals surface area contributed by atoms with Crippen LogP contribution < -0.4 is 5.73 Å². The second-order valence-electron chi connectivity index (χ2n) is 4.19. The van der Waals surface area contributed by atoms with Crippen molar-refractivity contribution in [3.05, 3.63) is 38.9 Å². The highest BCUT2D eigenvalue weighted by Gasteiger charge is 2.31. The molecule has 0 aliphatic carbocycles. The molecule has 0 radical (unpaired) electrons. The molecule has 1 aromatic carbocycles. The molecule has 0 bridgehead atoms. The van der Waals surface area contributed by atoms with Gasteiger partial charge in [0.05, 0.1) is 9.95 Å². The van der Waals surface area contributed by atoms with Crippen LogP contribution in [0.4, 0.5) is 5.69 Å². The largest absolute Gasteiger partial charge is 0.337 e. The molecule has 1 aliphatic rings. The highest BCUT2D eigenvalue weighted by molar-refractivity contribution is 6.34. The number of nitro groups is 1. The van der Waals surface area contributed by atoms with Gasteiger partial charge in [-0.2, -0.15) is 0 Å². The summed E-state index contributed by atoms with van der Waals surface area (Å²) in [4.78, 5) is 24.0. The minimum Gasteiger partial charge on any atom is -0.337 e. The van der Waals surface area contributed by atoms with Crippen molar-refractivity contribution in [3.8, 4) is 0 Å². The van der Waals surface area contributed by atoms with Gasteiger partial charge in [0.15, 0.2) is 0 Å². The third-order valence-corrected chi connectivity index (χ3v) is 3.23. The number of hydrogen-bond acceptors (Lipinski definition) is 4. The van der Waals surface area contributed by atoms with Crippen LogP contribution >= 0.6 is 11.6 Å². The van der Waals surface area contributed by atoms with Crippen molar-refractivity contribution in [3.63, 3.8) is 0 Å². The van der Waals surface area contributed by atoms with Crippen LogP contribution in [0.2, 0.25) is 5.02 Å². The topological polar surface area (TPSA) is 89.5 Å². The molecular weight excluding hydrogens is 258 g/mol. The van der Waals surface area contributed by atoms with Gasteiger partial charge in [-0.15, -0.1) is 0 Å². The minimum atomic E-state index is -0.602. The van der Waals surface area contributed by atoms with Crippen LogP contribution in [0.1, 0.15) is 16.8 Å². The lowest BCUT2D eigenvalue weighted by atomic mass is 10.1. The molecule has 18 heavy (non-hydrogen) atoms. The fourth-order valence-electron chi connectivity index (χ4n) is 2.01. The maximum Gasteiger partial charge on any atom is 0.283 e. The smallest absolute Gasteiger partial charge is 0.283 e. The first-order valence-electron chi connectivity index (χ1n) is 5.48. The number of nitrogens with zero attached hydrogens (tertiary/aromatic N) is 2. The van der Waals surface area contributed by atoms with E-state index in [9.17, 15) is 14.9 Å². The number of halogens is 1. The van der Waals surface area contributed by atoms with Crippen molar-refractivity contribution in [2.75, 3.05) is 13.1 Å². The Bertz CT molecular complexity index is 506. The monoisotopic (exact) mass is 269 g/mol. The molecule has 2 N–H and O–H groups in total. The molecule has 1 aliphatic heterocycles. The maximum absolute atomic E-state index is 12.2. The van der Waals surface area contributed by atoms with E-state index in [4.69, 9.17) is 17.3 Å². The van der Waals surface area contributed by atoms with Crippen LogP contribution in [0.5, 0.6) is 0 Å². The number of amides is 1. The first kappa shape index (κ1) is 12.8. The Labute approximate surface area is 108 Å². The fourth-order valence-corrected chi connectivity index (χ4v) is 2.26. The molecule has 1 aromatic rings. The van der Waals surface area contributed by atoms with E-state index in [1.165, 1.54) is 23.1 Å². The summed E-state index contributed by atoms with van der Waals surface area (Å²) in [5, 5.41) is 11.0. The summed E-state index contributed by atoms with van der Waals surface area (Å²) in [6, 6.07) is 4.12. The second kappa shape index (κ2) is 4.91. The number of nitrogens with two attached hydrogens (primary N) is 1. The maximum atomic E-state index is 12.2. The van der Waals surface area contributed by atoms with Gasteiger partial charge in [0.2, 0.25) is 0 Å². The molecule has 1 saturated heterocycles. The van der Waals surface area contributed by atoms with Gasteiger partial charge in [-0.1, -0.05) is 17.7 Å². The summed E-state index contributed by atoms with van der Waals surface area (Å²) in [5.41, 5.74) is 5.39. The number of carbonyl (C=O) groups is 1. The van der Waals surface area contributed by atoms with Gasteiger partial charge in [-0.3, -0.25) is 14.9 Å². The lowest BCUT2D eigenvalue weighted by Gasteiger charge is -2.16. The molecule has 1 heterocycles. The van der Waals surface area contributed by atoms with E-state index in [-0.39, 0.29) is 22.3 Å². The lowest BCUT2D eigenvalue weighted by Crippen LogP contribution is -2.32. The summed E-state index contributed by atoms with van der Waals surface area (Å²) < 4.78 is 0. The van der Waals surface area contributed by atoms with Crippen LogP contribution in [0.3, 0.4) is 0 Å². The molecular formula is C11H12ClN3O3. The molecule has 6 nitrogen and oxygen atoms in total. The van der Waals surface area contributed by atoms with Crippen molar-refractivity contribution in [2.45, 2.75) is 12.5 Å². The van der Waals surface area contributed by atoms with Crippen molar-refractivity contribution in [2.24, 2.45) is 5.73 Å². The first-order chi connectivity index (χ1) is 8.50. The quantitative estimate of drug-likeness (QED) is 0.649. The molecule has 7 heteroatoms. The van der Waals surface area contributed by atoms with Gasteiger partial charge in [-0.25, -0.2) is 0 Å². The summed E-state index contributed by atoms with van der Waals surface area (Å²) in [6.07, 6.45) is 0.698. The SMILES string of the molecule is NC1CCN(C(=O)c2c(Cl)cccc2[N+](=O)[O-])C1. The van der Waals surface area contributed by atoms with Crippen LogP contribution in [-0.2, 0) is 0 Å². The normalized spacial score (nSPS) is 19.0. The van der Waals surface area contributed by atoms with Gasteiger partial charge in [-0.05, 0) is 12.5 Å². The predicted octanol–water partition coefficient (Wildman–Crippen LogP) is 1.42. The molecule has 96 valence electrons. The Morgan fingerprint density at radius 3 is 2.83 bits per heavy atom. The van der Waals surface area contributed by atoms with Gasteiger partial charge in [0.1, 0.15) is 5.56 Å².